The Morgan fingerprint density at radius 3 is 2.69 bits per heavy atom. The number of carbonyl (C=O) groups excluding carboxylic acids is 2. The summed E-state index contributed by atoms with van der Waals surface area (Å²) < 4.78 is 4.64. The van der Waals surface area contributed by atoms with Crippen LogP contribution in [0.25, 0.3) is 0 Å². The van der Waals surface area contributed by atoms with Crippen LogP contribution in [-0.2, 0) is 14.3 Å². The van der Waals surface area contributed by atoms with Crippen LogP contribution in [-0.4, -0.2) is 29.6 Å². The third-order valence-corrected chi connectivity index (χ3v) is 5.54. The van der Waals surface area contributed by atoms with Crippen molar-refractivity contribution in [3.8, 4) is 0 Å². The molecule has 1 saturated carbocycles. The van der Waals surface area contributed by atoms with Crippen LogP contribution in [0.2, 0.25) is 0 Å². The highest BCUT2D eigenvalue weighted by Gasteiger charge is 2.32. The van der Waals surface area contributed by atoms with Gasteiger partial charge in [0, 0.05) is 18.8 Å². The maximum absolute atomic E-state index is 12.2. The topological polar surface area (TPSA) is 63.6 Å². The highest BCUT2D eigenvalue weighted by Crippen LogP contribution is 2.34. The van der Waals surface area contributed by atoms with Gasteiger partial charge in [-0.25, -0.2) is 0 Å². The summed E-state index contributed by atoms with van der Waals surface area (Å²) in [5.74, 6) is 0.731. The Morgan fingerprint density at radius 1 is 1.27 bits per heavy atom. The Kier molecular flexibility index (Phi) is 10.8. The van der Waals surface area contributed by atoms with E-state index in [1.54, 1.807) is 0 Å². The molecule has 1 unspecified atom stereocenters. The molecule has 1 N–H and O–H groups in total. The van der Waals surface area contributed by atoms with Crippen molar-refractivity contribution in [3.63, 3.8) is 0 Å². The van der Waals surface area contributed by atoms with E-state index in [2.05, 4.69) is 23.8 Å². The van der Waals surface area contributed by atoms with E-state index in [1.807, 2.05) is 6.92 Å². The van der Waals surface area contributed by atoms with Crippen molar-refractivity contribution in [2.45, 2.75) is 96.5 Å². The Balaban J connectivity index is 2.31. The molecule has 0 saturated heterocycles. The molecule has 0 aromatic rings. The van der Waals surface area contributed by atoms with Crippen LogP contribution in [0.5, 0.6) is 0 Å². The smallest absolute Gasteiger partial charge is 0.305 e. The van der Waals surface area contributed by atoms with Crippen molar-refractivity contribution in [3.05, 3.63) is 12.2 Å². The molecule has 4 nitrogen and oxygen atoms in total. The molecule has 1 rings (SSSR count). The lowest BCUT2D eigenvalue weighted by Crippen LogP contribution is -2.22. The summed E-state index contributed by atoms with van der Waals surface area (Å²) in [6.45, 7) is 4.04. The second-order valence-corrected chi connectivity index (χ2v) is 8.04. The molecular formula is C22H38O4. The molecule has 0 aliphatic heterocycles. The van der Waals surface area contributed by atoms with Gasteiger partial charge in [-0.3, -0.25) is 9.59 Å². The van der Waals surface area contributed by atoms with Crippen LogP contribution in [0, 0.1) is 11.8 Å². The third kappa shape index (κ3) is 8.98. The number of aliphatic hydroxyl groups is 1. The first-order valence-electron chi connectivity index (χ1n) is 10.4. The van der Waals surface area contributed by atoms with E-state index < -0.39 is 5.60 Å². The molecule has 0 aromatic heterocycles. The van der Waals surface area contributed by atoms with Crippen LogP contribution in [0.15, 0.2) is 12.2 Å². The van der Waals surface area contributed by atoms with Gasteiger partial charge in [-0.2, -0.15) is 0 Å². The maximum Gasteiger partial charge on any atom is 0.305 e. The van der Waals surface area contributed by atoms with Crippen LogP contribution >= 0.6 is 0 Å². The van der Waals surface area contributed by atoms with Gasteiger partial charge < -0.3 is 9.84 Å². The van der Waals surface area contributed by atoms with E-state index in [0.717, 1.165) is 57.8 Å². The highest BCUT2D eigenvalue weighted by molar-refractivity contribution is 5.83. The van der Waals surface area contributed by atoms with E-state index in [9.17, 15) is 14.7 Å². The Hall–Kier alpha value is -1.16. The number of unbranched alkanes of at least 4 members (excludes halogenated alkanes) is 4. The number of esters is 1. The standard InChI is InChI=1S/C22H38O4/c1-4-5-16-22(2,25)17-10-11-18-14-15-20(23)19(18)12-8-6-7-9-13-21(24)26-3/h10-11,18-19,25H,4-9,12-17H2,1-3H3/b11-10+/t18?,19-,22+/m1/s1. The summed E-state index contributed by atoms with van der Waals surface area (Å²) >= 11 is 0. The molecular weight excluding hydrogens is 328 g/mol. The van der Waals surface area contributed by atoms with Crippen molar-refractivity contribution >= 4 is 11.8 Å². The van der Waals surface area contributed by atoms with Gasteiger partial charge in [0.25, 0.3) is 0 Å². The third-order valence-electron chi connectivity index (χ3n) is 5.54. The fraction of sp³-hybridized carbons (Fsp3) is 0.818. The first-order valence-corrected chi connectivity index (χ1v) is 10.4. The number of hydrogen-bond acceptors (Lipinski definition) is 4. The van der Waals surface area contributed by atoms with E-state index in [-0.39, 0.29) is 11.9 Å². The zero-order valence-electron chi connectivity index (χ0n) is 17.0. The minimum atomic E-state index is -0.635. The number of ether oxygens (including phenoxy) is 1. The molecule has 4 heteroatoms. The Morgan fingerprint density at radius 2 is 2.00 bits per heavy atom. The number of Topliss-reactive ketones (excluding diaryl/α,β-unsaturated/α-hetero) is 1. The van der Waals surface area contributed by atoms with Gasteiger partial charge in [0.2, 0.25) is 0 Å². The predicted molar refractivity (Wildman–Crippen MR) is 105 cm³/mol. The average molecular weight is 367 g/mol. The predicted octanol–water partition coefficient (Wildman–Crippen LogP) is 4.98. The van der Waals surface area contributed by atoms with Gasteiger partial charge >= 0.3 is 5.97 Å². The van der Waals surface area contributed by atoms with Crippen molar-refractivity contribution in [1.29, 1.82) is 0 Å². The molecule has 0 radical (unpaired) electrons. The van der Waals surface area contributed by atoms with Gasteiger partial charge in [0.05, 0.1) is 12.7 Å². The number of methoxy groups -OCH3 is 1. The molecule has 1 fully saturated rings. The molecule has 0 aromatic carbocycles. The normalized spacial score (nSPS) is 22.7. The maximum atomic E-state index is 12.2. The van der Waals surface area contributed by atoms with E-state index in [4.69, 9.17) is 0 Å². The minimum Gasteiger partial charge on any atom is -0.469 e. The largest absolute Gasteiger partial charge is 0.469 e. The van der Waals surface area contributed by atoms with Gasteiger partial charge in [0.1, 0.15) is 5.78 Å². The molecule has 26 heavy (non-hydrogen) atoms. The quantitative estimate of drug-likeness (QED) is 0.283. The Labute approximate surface area is 159 Å². The number of allylic oxidation sites excluding steroid dienone is 1. The van der Waals surface area contributed by atoms with Crippen molar-refractivity contribution in [1.82, 2.24) is 0 Å². The van der Waals surface area contributed by atoms with Crippen molar-refractivity contribution < 1.29 is 19.4 Å². The molecule has 1 aliphatic rings. The molecule has 0 spiro atoms. The van der Waals surface area contributed by atoms with Gasteiger partial charge in [0.15, 0.2) is 0 Å². The SMILES string of the molecule is CCCC[C@](C)(O)C/C=C/C1CCC(=O)[C@@H]1CCCCCCC(=O)OC. The van der Waals surface area contributed by atoms with Crippen molar-refractivity contribution in [2.75, 3.05) is 7.11 Å². The first kappa shape index (κ1) is 22.9. The molecule has 0 heterocycles. The molecule has 1 aliphatic carbocycles. The summed E-state index contributed by atoms with van der Waals surface area (Å²) in [5.41, 5.74) is -0.635. The summed E-state index contributed by atoms with van der Waals surface area (Å²) in [4.78, 5) is 23.3. The zero-order valence-corrected chi connectivity index (χ0v) is 17.0. The van der Waals surface area contributed by atoms with Crippen LogP contribution < -0.4 is 0 Å². The molecule has 3 atom stereocenters. The first-order chi connectivity index (χ1) is 12.4. The zero-order chi connectivity index (χ0) is 19.4. The monoisotopic (exact) mass is 366 g/mol. The lowest BCUT2D eigenvalue weighted by molar-refractivity contribution is -0.140. The summed E-state index contributed by atoms with van der Waals surface area (Å²) in [6, 6.07) is 0. The minimum absolute atomic E-state index is 0.143. The van der Waals surface area contributed by atoms with Gasteiger partial charge in [-0.15, -0.1) is 0 Å². The summed E-state index contributed by atoms with van der Waals surface area (Å²) in [6.07, 6.45) is 14.9. The number of rotatable bonds is 13. The number of hydrogen-bond donors (Lipinski definition) is 1. The molecule has 0 amide bonds. The van der Waals surface area contributed by atoms with E-state index in [1.165, 1.54) is 7.11 Å². The average Bonchev–Trinajstić information content (AvgIpc) is 2.96. The summed E-state index contributed by atoms with van der Waals surface area (Å²) in [5, 5.41) is 10.4. The van der Waals surface area contributed by atoms with E-state index in [0.29, 0.717) is 31.0 Å². The molecule has 150 valence electrons. The fourth-order valence-electron chi connectivity index (χ4n) is 3.79. The van der Waals surface area contributed by atoms with Gasteiger partial charge in [-0.05, 0) is 44.9 Å². The summed E-state index contributed by atoms with van der Waals surface area (Å²) in [7, 11) is 1.42. The fourth-order valence-corrected chi connectivity index (χ4v) is 3.79. The van der Waals surface area contributed by atoms with Crippen molar-refractivity contribution in [2.24, 2.45) is 11.8 Å². The van der Waals surface area contributed by atoms with Crippen LogP contribution in [0.1, 0.15) is 90.9 Å². The number of carbonyl (C=O) groups is 2. The van der Waals surface area contributed by atoms with Crippen LogP contribution in [0.4, 0.5) is 0 Å². The number of ketones is 1. The lowest BCUT2D eigenvalue weighted by Gasteiger charge is -2.21. The van der Waals surface area contributed by atoms with Gasteiger partial charge in [-0.1, -0.05) is 51.2 Å². The highest BCUT2D eigenvalue weighted by atomic mass is 16.5. The molecule has 0 bridgehead atoms. The second kappa shape index (κ2) is 12.3. The Bertz CT molecular complexity index is 453. The van der Waals surface area contributed by atoms with E-state index >= 15 is 0 Å². The lowest BCUT2D eigenvalue weighted by atomic mass is 9.88. The second-order valence-electron chi connectivity index (χ2n) is 8.04. The van der Waals surface area contributed by atoms with Crippen LogP contribution in [0.3, 0.4) is 0 Å².